The maximum Gasteiger partial charge on any atom is 0.338 e. The molecule has 0 saturated carbocycles. The van der Waals surface area contributed by atoms with E-state index in [1.54, 1.807) is 58.0 Å². The summed E-state index contributed by atoms with van der Waals surface area (Å²) in [5, 5.41) is 0. The van der Waals surface area contributed by atoms with Crippen molar-refractivity contribution in [1.29, 1.82) is 0 Å². The molecule has 0 N–H and O–H groups in total. The van der Waals surface area contributed by atoms with Crippen molar-refractivity contribution in [1.82, 2.24) is 0 Å². The maximum atomic E-state index is 13.6. The highest BCUT2D eigenvalue weighted by Gasteiger charge is 2.60. The molecule has 0 aromatic heterocycles. The smallest absolute Gasteiger partial charge is 0.338 e. The van der Waals surface area contributed by atoms with E-state index in [0.717, 1.165) is 27.7 Å². The van der Waals surface area contributed by atoms with E-state index in [-0.39, 0.29) is 5.56 Å². The molecule has 0 aliphatic carbocycles. The zero-order valence-electron chi connectivity index (χ0n) is 32.4. The van der Waals surface area contributed by atoms with Gasteiger partial charge in [-0.2, -0.15) is 0 Å². The van der Waals surface area contributed by atoms with Crippen LogP contribution in [0.15, 0.2) is 30.3 Å². The maximum absolute atomic E-state index is 13.6. The highest BCUT2D eigenvalue weighted by molar-refractivity contribution is 5.89. The molecule has 4 saturated heterocycles. The van der Waals surface area contributed by atoms with Crippen LogP contribution in [0.2, 0.25) is 0 Å². The standard InChI is InChI=1S/C37H50O18/c1-16-24(47-19(4)38)27(48-20(5)39)30(49-21(6)40)36(45-16)53-28-25(51-33(42)23-14-12-11-13-15-23)17(2)46-35(31(28)50-22(7)41)52-26-18(3)44-34(43-10)32-29(26)54-37(8,9)55-32/h11-18,24-32,34-36H,1-10H3/t16-,17-,18-,24-,25-,26-,27+,28+,29+,30+,31+,32+,34+,35+,36-/m0/s1. The van der Waals surface area contributed by atoms with E-state index in [0.29, 0.717) is 0 Å². The Kier molecular flexibility index (Phi) is 13.6. The van der Waals surface area contributed by atoms with Crippen LogP contribution >= 0.6 is 0 Å². The predicted octanol–water partition coefficient (Wildman–Crippen LogP) is 2.11. The van der Waals surface area contributed by atoms with Gasteiger partial charge in [-0.3, -0.25) is 19.2 Å². The van der Waals surface area contributed by atoms with Gasteiger partial charge in [0.15, 0.2) is 55.2 Å². The lowest BCUT2D eigenvalue weighted by molar-refractivity contribution is -0.369. The summed E-state index contributed by atoms with van der Waals surface area (Å²) in [5.41, 5.74) is 0.197. The van der Waals surface area contributed by atoms with Crippen molar-refractivity contribution in [3.8, 4) is 0 Å². The molecule has 5 rings (SSSR count). The summed E-state index contributed by atoms with van der Waals surface area (Å²) in [7, 11) is 1.48. The average molecular weight is 783 g/mol. The third-order valence-corrected chi connectivity index (χ3v) is 9.30. The molecule has 55 heavy (non-hydrogen) atoms. The van der Waals surface area contributed by atoms with Crippen LogP contribution in [0.25, 0.3) is 0 Å². The van der Waals surface area contributed by atoms with Gasteiger partial charge >= 0.3 is 29.8 Å². The highest BCUT2D eigenvalue weighted by Crippen LogP contribution is 2.41. The van der Waals surface area contributed by atoms with Crippen molar-refractivity contribution < 1.29 is 85.6 Å². The summed E-state index contributed by atoms with van der Waals surface area (Å²) in [6, 6.07) is 8.11. The summed E-state index contributed by atoms with van der Waals surface area (Å²) in [5.74, 6) is -4.92. The van der Waals surface area contributed by atoms with Crippen molar-refractivity contribution in [2.24, 2.45) is 0 Å². The van der Waals surface area contributed by atoms with Gasteiger partial charge in [0.2, 0.25) is 0 Å². The second kappa shape index (κ2) is 17.6. The van der Waals surface area contributed by atoms with Gasteiger partial charge in [-0.1, -0.05) is 18.2 Å². The summed E-state index contributed by atoms with van der Waals surface area (Å²) < 4.78 is 78.1. The molecule has 0 spiro atoms. The lowest BCUT2D eigenvalue weighted by Gasteiger charge is -2.49. The minimum atomic E-state index is -1.60. The Hall–Kier alpha value is -3.75. The molecule has 0 bridgehead atoms. The van der Waals surface area contributed by atoms with Crippen LogP contribution in [-0.2, 0) is 80.8 Å². The normalized spacial score (nSPS) is 38.2. The van der Waals surface area contributed by atoms with Gasteiger partial charge in [0.05, 0.1) is 23.9 Å². The van der Waals surface area contributed by atoms with Gasteiger partial charge in [0, 0.05) is 34.8 Å². The Balaban J connectivity index is 1.55. The first kappa shape index (κ1) is 42.4. The number of methoxy groups -OCH3 is 1. The van der Waals surface area contributed by atoms with E-state index in [4.69, 9.17) is 61.6 Å². The lowest BCUT2D eigenvalue weighted by atomic mass is 9.95. The van der Waals surface area contributed by atoms with E-state index in [1.807, 2.05) is 0 Å². The quantitative estimate of drug-likeness (QED) is 0.233. The molecule has 306 valence electrons. The number of hydrogen-bond donors (Lipinski definition) is 0. The number of hydrogen-bond acceptors (Lipinski definition) is 18. The molecular formula is C37H50O18. The number of benzene rings is 1. The molecule has 1 aromatic rings. The van der Waals surface area contributed by atoms with Crippen molar-refractivity contribution in [2.45, 2.75) is 160 Å². The fourth-order valence-electron chi connectivity index (χ4n) is 7.16. The molecule has 0 radical (unpaired) electrons. The summed E-state index contributed by atoms with van der Waals surface area (Å²) >= 11 is 0. The molecule has 4 heterocycles. The van der Waals surface area contributed by atoms with E-state index in [2.05, 4.69) is 0 Å². The Morgan fingerprint density at radius 3 is 1.47 bits per heavy atom. The van der Waals surface area contributed by atoms with Gasteiger partial charge in [0.1, 0.15) is 24.4 Å². The van der Waals surface area contributed by atoms with Crippen LogP contribution < -0.4 is 0 Å². The minimum Gasteiger partial charge on any atom is -0.456 e. The van der Waals surface area contributed by atoms with E-state index in [9.17, 15) is 24.0 Å². The van der Waals surface area contributed by atoms with Crippen molar-refractivity contribution in [2.75, 3.05) is 7.11 Å². The van der Waals surface area contributed by atoms with Crippen molar-refractivity contribution in [3.05, 3.63) is 35.9 Å². The summed E-state index contributed by atoms with van der Waals surface area (Å²) in [4.78, 5) is 63.3. The molecule has 15 atom stereocenters. The average Bonchev–Trinajstić information content (AvgIpc) is 3.43. The number of carbonyl (C=O) groups excluding carboxylic acids is 5. The molecule has 18 heteroatoms. The van der Waals surface area contributed by atoms with Gasteiger partial charge in [-0.05, 0) is 46.8 Å². The van der Waals surface area contributed by atoms with Gasteiger partial charge in [-0.25, -0.2) is 4.79 Å². The molecular weight excluding hydrogens is 732 g/mol. The molecule has 0 unspecified atom stereocenters. The second-order valence-corrected chi connectivity index (χ2v) is 14.2. The SMILES string of the molecule is CO[C@@H]1O[C@@H](C)[C@H](O[C@H]2O[C@@H](C)[C@H](OC(=O)c3ccccc3)[C@@H](O[C@@H]3O[C@@H](C)[C@H](OC(C)=O)[C@@H](OC(C)=O)[C@H]3OC(C)=O)[C@H]2OC(C)=O)[C@H]2OC(C)(C)O[C@@H]12. The summed E-state index contributed by atoms with van der Waals surface area (Å²) in [6.45, 7) is 12.9. The first-order valence-electron chi connectivity index (χ1n) is 18.0. The van der Waals surface area contributed by atoms with Crippen LogP contribution in [0.5, 0.6) is 0 Å². The number of rotatable bonds is 11. The minimum absolute atomic E-state index is 0.197. The monoisotopic (exact) mass is 782 g/mol. The zero-order valence-corrected chi connectivity index (χ0v) is 32.4. The molecule has 4 aliphatic heterocycles. The van der Waals surface area contributed by atoms with Crippen LogP contribution in [0.3, 0.4) is 0 Å². The third kappa shape index (κ3) is 9.98. The Morgan fingerprint density at radius 1 is 0.527 bits per heavy atom. The van der Waals surface area contributed by atoms with Crippen molar-refractivity contribution >= 4 is 29.8 Å². The van der Waals surface area contributed by atoms with Crippen LogP contribution in [0.1, 0.15) is 72.7 Å². The Morgan fingerprint density at radius 2 is 0.945 bits per heavy atom. The topological polar surface area (TPSA) is 205 Å². The first-order valence-corrected chi connectivity index (χ1v) is 18.0. The first-order chi connectivity index (χ1) is 25.9. The van der Waals surface area contributed by atoms with E-state index in [1.165, 1.54) is 14.0 Å². The Labute approximate surface area is 318 Å². The number of esters is 5. The van der Waals surface area contributed by atoms with Gasteiger partial charge < -0.3 is 61.6 Å². The largest absolute Gasteiger partial charge is 0.456 e. The predicted molar refractivity (Wildman–Crippen MR) is 181 cm³/mol. The van der Waals surface area contributed by atoms with Crippen LogP contribution in [0, 0.1) is 0 Å². The number of ether oxygens (including phenoxy) is 13. The highest BCUT2D eigenvalue weighted by atomic mass is 16.8. The third-order valence-electron chi connectivity index (χ3n) is 9.30. The molecule has 18 nitrogen and oxygen atoms in total. The van der Waals surface area contributed by atoms with E-state index < -0.39 is 128 Å². The van der Waals surface area contributed by atoms with Crippen LogP contribution in [-0.4, -0.2) is 135 Å². The fourth-order valence-corrected chi connectivity index (χ4v) is 7.16. The van der Waals surface area contributed by atoms with Crippen LogP contribution in [0.4, 0.5) is 0 Å². The van der Waals surface area contributed by atoms with Gasteiger partial charge in [0.25, 0.3) is 0 Å². The number of fused-ring (bicyclic) bond motifs is 1. The molecule has 4 fully saturated rings. The molecule has 1 aromatic carbocycles. The second-order valence-electron chi connectivity index (χ2n) is 14.2. The fraction of sp³-hybridized carbons (Fsp3) is 0.703. The number of carbonyl (C=O) groups is 5. The molecule has 4 aliphatic rings. The Bertz CT molecular complexity index is 1530. The van der Waals surface area contributed by atoms with Gasteiger partial charge in [-0.15, -0.1) is 0 Å². The summed E-state index contributed by atoms with van der Waals surface area (Å²) in [6.07, 6.45) is -17.4. The van der Waals surface area contributed by atoms with E-state index >= 15 is 0 Å². The van der Waals surface area contributed by atoms with Crippen molar-refractivity contribution in [3.63, 3.8) is 0 Å². The zero-order chi connectivity index (χ0) is 40.4. The lowest BCUT2D eigenvalue weighted by Crippen LogP contribution is -2.67. The molecule has 0 amide bonds.